The molecule has 0 fully saturated rings. The van der Waals surface area contributed by atoms with E-state index in [1.54, 1.807) is 0 Å². The lowest BCUT2D eigenvalue weighted by atomic mass is 10.0. The highest BCUT2D eigenvalue weighted by Gasteiger charge is 2.07. The summed E-state index contributed by atoms with van der Waals surface area (Å²) in [5.74, 6) is 1.47. The monoisotopic (exact) mass is 217 g/mol. The van der Waals surface area contributed by atoms with Crippen LogP contribution in [0.4, 0.5) is 0 Å². The fourth-order valence-corrected chi connectivity index (χ4v) is 1.66. The second kappa shape index (κ2) is 9.54. The third-order valence-corrected chi connectivity index (χ3v) is 2.92. The summed E-state index contributed by atoms with van der Waals surface area (Å²) in [5.41, 5.74) is 0. The van der Waals surface area contributed by atoms with Gasteiger partial charge in [-0.3, -0.25) is 4.90 Å². The van der Waals surface area contributed by atoms with Crippen molar-refractivity contribution >= 4 is 11.6 Å². The van der Waals surface area contributed by atoms with E-state index >= 15 is 0 Å². The summed E-state index contributed by atoms with van der Waals surface area (Å²) >= 11 is 5.58. The fourth-order valence-electron chi connectivity index (χ4n) is 1.53. The topological polar surface area (TPSA) is 3.24 Å². The Hall–Kier alpha value is -0.0100. The van der Waals surface area contributed by atoms with Crippen LogP contribution in [0.1, 0.15) is 33.6 Å². The molecule has 0 saturated heterocycles. The van der Waals surface area contributed by atoms with Crippen LogP contribution in [0.3, 0.4) is 0 Å². The van der Waals surface area contributed by atoms with Crippen molar-refractivity contribution in [2.24, 2.45) is 5.92 Å². The first-order chi connectivity index (χ1) is 6.78. The zero-order valence-electron chi connectivity index (χ0n) is 9.80. The van der Waals surface area contributed by atoms with Gasteiger partial charge in [-0.25, -0.2) is 0 Å². The quantitative estimate of drug-likeness (QED) is 0.444. The molecule has 0 radical (unpaired) electrons. The molecule has 0 aromatic carbocycles. The molecule has 0 aliphatic carbocycles. The summed E-state index contributed by atoms with van der Waals surface area (Å²) in [6, 6.07) is 0. The first-order valence-electron chi connectivity index (χ1n) is 5.71. The van der Waals surface area contributed by atoms with Gasteiger partial charge in [-0.1, -0.05) is 45.8 Å². The molecule has 2 heteroatoms. The third kappa shape index (κ3) is 6.44. The van der Waals surface area contributed by atoms with Gasteiger partial charge in [0.05, 0.1) is 0 Å². The van der Waals surface area contributed by atoms with Crippen LogP contribution in [-0.4, -0.2) is 30.4 Å². The van der Waals surface area contributed by atoms with Gasteiger partial charge in [0.15, 0.2) is 0 Å². The van der Waals surface area contributed by atoms with E-state index < -0.39 is 0 Å². The van der Waals surface area contributed by atoms with Crippen LogP contribution in [0.25, 0.3) is 0 Å². The molecule has 0 N–H and O–H groups in total. The lowest BCUT2D eigenvalue weighted by molar-refractivity contribution is 0.255. The van der Waals surface area contributed by atoms with Crippen LogP contribution < -0.4 is 0 Å². The minimum absolute atomic E-state index is 0.628. The molecule has 0 aliphatic rings. The predicted molar refractivity (Wildman–Crippen MR) is 66.0 cm³/mol. The van der Waals surface area contributed by atoms with Gasteiger partial charge in [0.25, 0.3) is 0 Å². The van der Waals surface area contributed by atoms with Crippen LogP contribution in [0.2, 0.25) is 0 Å². The second-order valence-corrected chi connectivity index (χ2v) is 3.97. The first-order valence-corrected chi connectivity index (χ1v) is 6.25. The molecule has 0 aromatic rings. The smallest absolute Gasteiger partial charge is 0.0404 e. The van der Waals surface area contributed by atoms with Crippen molar-refractivity contribution in [2.45, 2.75) is 33.6 Å². The zero-order valence-corrected chi connectivity index (χ0v) is 10.6. The van der Waals surface area contributed by atoms with Crippen LogP contribution in [0.15, 0.2) is 12.2 Å². The Labute approximate surface area is 94.1 Å². The number of allylic oxidation sites excluding steroid dienone is 1. The molecule has 84 valence electrons. The summed E-state index contributed by atoms with van der Waals surface area (Å²) in [6.45, 7) is 10.2. The summed E-state index contributed by atoms with van der Waals surface area (Å²) < 4.78 is 0. The largest absolute Gasteiger partial charge is 0.300 e. The zero-order chi connectivity index (χ0) is 10.8. The molecule has 1 nitrogen and oxygen atoms in total. The van der Waals surface area contributed by atoms with Crippen molar-refractivity contribution in [3.05, 3.63) is 12.2 Å². The van der Waals surface area contributed by atoms with Crippen molar-refractivity contribution < 1.29 is 0 Å². The molecule has 0 unspecified atom stereocenters. The number of hydrogen-bond donors (Lipinski definition) is 0. The molecule has 0 amide bonds. The maximum absolute atomic E-state index is 5.58. The Morgan fingerprint density at radius 1 is 1.14 bits per heavy atom. The minimum Gasteiger partial charge on any atom is -0.300 e. The first kappa shape index (κ1) is 14.0. The maximum atomic E-state index is 5.58. The van der Waals surface area contributed by atoms with E-state index in [0.717, 1.165) is 19.0 Å². The van der Waals surface area contributed by atoms with Crippen molar-refractivity contribution in [3.63, 3.8) is 0 Å². The van der Waals surface area contributed by atoms with E-state index in [0.29, 0.717) is 5.88 Å². The number of hydrogen-bond acceptors (Lipinski definition) is 1. The van der Waals surface area contributed by atoms with Crippen molar-refractivity contribution in [1.29, 1.82) is 0 Å². The standard InChI is InChI=1S/C12H24ClN/c1-4-12(5-2)11-14(6-3)10-8-7-9-13/h7-8,12H,4-6,9-11H2,1-3H3. The SMILES string of the molecule is CCC(CC)CN(CC)CC=CCCl. The molecule has 0 atom stereocenters. The number of likely N-dealkylation sites (N-methyl/N-ethyl adjacent to an activating group) is 1. The lowest BCUT2D eigenvalue weighted by Crippen LogP contribution is -2.29. The molecule has 0 saturated carbocycles. The van der Waals surface area contributed by atoms with Crippen molar-refractivity contribution in [3.8, 4) is 0 Å². The summed E-state index contributed by atoms with van der Waals surface area (Å²) in [6.07, 6.45) is 6.76. The molecular weight excluding hydrogens is 194 g/mol. The number of nitrogens with zero attached hydrogens (tertiary/aromatic N) is 1. The van der Waals surface area contributed by atoms with Crippen LogP contribution in [0, 0.1) is 5.92 Å². The van der Waals surface area contributed by atoms with Crippen molar-refractivity contribution in [1.82, 2.24) is 4.90 Å². The van der Waals surface area contributed by atoms with E-state index in [1.807, 2.05) is 6.08 Å². The molecule has 0 aliphatic heterocycles. The molecule has 0 spiro atoms. The molecule has 14 heavy (non-hydrogen) atoms. The molecular formula is C12H24ClN. The predicted octanol–water partition coefficient (Wildman–Crippen LogP) is 3.54. The van der Waals surface area contributed by atoms with Gasteiger partial charge in [0.2, 0.25) is 0 Å². The van der Waals surface area contributed by atoms with Gasteiger partial charge in [-0.05, 0) is 12.5 Å². The normalized spacial score (nSPS) is 12.1. The van der Waals surface area contributed by atoms with E-state index in [9.17, 15) is 0 Å². The van der Waals surface area contributed by atoms with Crippen LogP contribution >= 0.6 is 11.6 Å². The number of alkyl halides is 1. The van der Waals surface area contributed by atoms with Gasteiger partial charge in [0.1, 0.15) is 0 Å². The Balaban J connectivity index is 3.82. The summed E-state index contributed by atoms with van der Waals surface area (Å²) in [4.78, 5) is 2.47. The summed E-state index contributed by atoms with van der Waals surface area (Å²) in [7, 11) is 0. The summed E-state index contributed by atoms with van der Waals surface area (Å²) in [5, 5.41) is 0. The molecule has 0 bridgehead atoms. The van der Waals surface area contributed by atoms with Gasteiger partial charge in [-0.15, -0.1) is 11.6 Å². The average Bonchev–Trinajstić information content (AvgIpc) is 2.23. The Morgan fingerprint density at radius 3 is 2.21 bits per heavy atom. The highest BCUT2D eigenvalue weighted by molar-refractivity contribution is 6.18. The maximum Gasteiger partial charge on any atom is 0.0404 e. The van der Waals surface area contributed by atoms with E-state index in [2.05, 4.69) is 31.7 Å². The highest BCUT2D eigenvalue weighted by atomic mass is 35.5. The van der Waals surface area contributed by atoms with E-state index in [1.165, 1.54) is 19.4 Å². The molecule has 0 heterocycles. The van der Waals surface area contributed by atoms with Crippen LogP contribution in [0.5, 0.6) is 0 Å². The number of halogens is 1. The van der Waals surface area contributed by atoms with Gasteiger partial charge < -0.3 is 0 Å². The Kier molecular flexibility index (Phi) is 9.53. The Morgan fingerprint density at radius 2 is 1.79 bits per heavy atom. The van der Waals surface area contributed by atoms with Gasteiger partial charge in [0, 0.05) is 19.0 Å². The minimum atomic E-state index is 0.628. The van der Waals surface area contributed by atoms with Gasteiger partial charge >= 0.3 is 0 Å². The highest BCUT2D eigenvalue weighted by Crippen LogP contribution is 2.09. The average molecular weight is 218 g/mol. The van der Waals surface area contributed by atoms with Crippen molar-refractivity contribution in [2.75, 3.05) is 25.5 Å². The van der Waals surface area contributed by atoms with E-state index in [-0.39, 0.29) is 0 Å². The van der Waals surface area contributed by atoms with Gasteiger partial charge in [-0.2, -0.15) is 0 Å². The number of rotatable bonds is 8. The lowest BCUT2D eigenvalue weighted by Gasteiger charge is -2.23. The Bertz CT molecular complexity index is 141. The molecule has 0 rings (SSSR count). The van der Waals surface area contributed by atoms with E-state index in [4.69, 9.17) is 11.6 Å². The molecule has 0 aromatic heterocycles. The van der Waals surface area contributed by atoms with Crippen LogP contribution in [-0.2, 0) is 0 Å². The third-order valence-electron chi connectivity index (χ3n) is 2.74. The second-order valence-electron chi connectivity index (χ2n) is 3.66. The fraction of sp³-hybridized carbons (Fsp3) is 0.833.